The number of aliphatic hydroxyl groups excluding tert-OH is 1. The van der Waals surface area contributed by atoms with Crippen molar-refractivity contribution >= 4 is 18.3 Å². The Balaban J connectivity index is 0.00000265. The second-order valence-electron chi connectivity index (χ2n) is 7.19. The van der Waals surface area contributed by atoms with E-state index in [1.165, 1.54) is 0 Å². The van der Waals surface area contributed by atoms with Gasteiger partial charge in [-0.2, -0.15) is 0 Å². The van der Waals surface area contributed by atoms with Crippen molar-refractivity contribution in [1.29, 1.82) is 0 Å². The Hall–Kier alpha value is -3.83. The van der Waals surface area contributed by atoms with E-state index in [4.69, 9.17) is 9.84 Å². The molecule has 1 aromatic carbocycles. The first-order valence-corrected chi connectivity index (χ1v) is 10.2. The molecule has 0 radical (unpaired) electrons. The van der Waals surface area contributed by atoms with E-state index in [-0.39, 0.29) is 12.5 Å². The molecule has 0 unspecified atom stereocenters. The van der Waals surface area contributed by atoms with Crippen molar-refractivity contribution in [1.82, 2.24) is 15.5 Å². The molecule has 1 aliphatic rings. The number of carbonyl (C=O) groups excluding carboxylic acids is 3. The van der Waals surface area contributed by atoms with Crippen LogP contribution < -0.4 is 15.4 Å². The molecule has 176 valence electrons. The topological polar surface area (TPSA) is 108 Å². The van der Waals surface area contributed by atoms with E-state index in [1.807, 2.05) is 31.2 Å². The van der Waals surface area contributed by atoms with E-state index in [2.05, 4.69) is 29.1 Å². The maximum absolute atomic E-state index is 12.9. The third-order valence-electron chi connectivity index (χ3n) is 4.64. The number of imide groups is 1. The van der Waals surface area contributed by atoms with Crippen molar-refractivity contribution in [3.05, 3.63) is 65.8 Å². The van der Waals surface area contributed by atoms with Gasteiger partial charge in [0, 0.05) is 24.8 Å². The van der Waals surface area contributed by atoms with Crippen LogP contribution in [0.4, 0.5) is 4.79 Å². The van der Waals surface area contributed by atoms with Crippen LogP contribution >= 0.6 is 0 Å². The first-order valence-electron chi connectivity index (χ1n) is 10.2. The molecule has 1 atom stereocenters. The zero-order valence-corrected chi connectivity index (χ0v) is 19.5. The lowest BCUT2D eigenvalue weighted by Gasteiger charge is -2.30. The van der Waals surface area contributed by atoms with Gasteiger partial charge in [-0.3, -0.25) is 14.9 Å². The van der Waals surface area contributed by atoms with Gasteiger partial charge >= 0.3 is 6.03 Å². The SMILES string of the molecule is C=CC/C(C#C[C@](C)(CN1Cc2ccc(OC)cc2C1=O)NC(=O)NC=O)=C\C=C/C.CO. The van der Waals surface area contributed by atoms with Crippen LogP contribution in [-0.2, 0) is 11.3 Å². The molecule has 0 aromatic heterocycles. The monoisotopic (exact) mass is 453 g/mol. The summed E-state index contributed by atoms with van der Waals surface area (Å²) in [5.41, 5.74) is 1.13. The Morgan fingerprint density at radius 1 is 1.39 bits per heavy atom. The highest BCUT2D eigenvalue weighted by molar-refractivity contribution is 5.99. The second kappa shape index (κ2) is 13.6. The number of nitrogens with zero attached hydrogens (tertiary/aromatic N) is 1. The number of aliphatic hydroxyl groups is 1. The van der Waals surface area contributed by atoms with Crippen LogP contribution in [0.3, 0.4) is 0 Å². The highest BCUT2D eigenvalue weighted by Gasteiger charge is 2.34. The maximum Gasteiger partial charge on any atom is 0.322 e. The van der Waals surface area contributed by atoms with Crippen molar-refractivity contribution in [2.75, 3.05) is 20.8 Å². The van der Waals surface area contributed by atoms with Crippen molar-refractivity contribution in [2.45, 2.75) is 32.4 Å². The Bertz CT molecular complexity index is 987. The number of methoxy groups -OCH3 is 1. The summed E-state index contributed by atoms with van der Waals surface area (Å²) in [6, 6.07) is 4.66. The number of hydrogen-bond donors (Lipinski definition) is 3. The zero-order chi connectivity index (χ0) is 24.9. The Kier molecular flexibility index (Phi) is 11.2. The molecule has 0 saturated heterocycles. The minimum absolute atomic E-state index is 0.132. The Morgan fingerprint density at radius 2 is 2.12 bits per heavy atom. The second-order valence-corrected chi connectivity index (χ2v) is 7.19. The quantitative estimate of drug-likeness (QED) is 0.243. The number of benzene rings is 1. The number of hydrogen-bond acceptors (Lipinski definition) is 5. The lowest BCUT2D eigenvalue weighted by molar-refractivity contribution is -0.108. The van der Waals surface area contributed by atoms with Gasteiger partial charge in [0.05, 0.1) is 13.7 Å². The van der Waals surface area contributed by atoms with Crippen LogP contribution in [0.25, 0.3) is 0 Å². The molecule has 33 heavy (non-hydrogen) atoms. The van der Waals surface area contributed by atoms with E-state index < -0.39 is 11.6 Å². The summed E-state index contributed by atoms with van der Waals surface area (Å²) in [5, 5.41) is 11.8. The number of carbonyl (C=O) groups is 3. The molecule has 4 amide bonds. The van der Waals surface area contributed by atoms with Crippen LogP contribution in [-0.4, -0.2) is 54.7 Å². The summed E-state index contributed by atoms with van der Waals surface area (Å²) in [6.07, 6.45) is 8.20. The molecule has 2 rings (SSSR count). The van der Waals surface area contributed by atoms with Crippen molar-refractivity contribution in [2.24, 2.45) is 0 Å². The summed E-state index contributed by atoms with van der Waals surface area (Å²) in [5.74, 6) is 6.57. The van der Waals surface area contributed by atoms with Crippen LogP contribution in [0.2, 0.25) is 0 Å². The van der Waals surface area contributed by atoms with Crippen LogP contribution in [0.15, 0.2) is 54.7 Å². The number of nitrogens with one attached hydrogen (secondary N) is 2. The van der Waals surface area contributed by atoms with Gasteiger partial charge in [-0.25, -0.2) is 4.79 Å². The van der Waals surface area contributed by atoms with Crippen LogP contribution in [0.1, 0.15) is 36.2 Å². The fourth-order valence-corrected chi connectivity index (χ4v) is 3.17. The van der Waals surface area contributed by atoms with Crippen LogP contribution in [0, 0.1) is 11.8 Å². The lowest BCUT2D eigenvalue weighted by atomic mass is 10.0. The van der Waals surface area contributed by atoms with Gasteiger partial charge in [-0.1, -0.05) is 42.2 Å². The minimum Gasteiger partial charge on any atom is -0.497 e. The largest absolute Gasteiger partial charge is 0.497 e. The molecule has 0 spiro atoms. The summed E-state index contributed by atoms with van der Waals surface area (Å²) in [4.78, 5) is 37.3. The molecule has 8 nitrogen and oxygen atoms in total. The number of rotatable bonds is 8. The molecule has 1 aromatic rings. The average molecular weight is 454 g/mol. The third kappa shape index (κ3) is 7.98. The maximum atomic E-state index is 12.9. The Morgan fingerprint density at radius 3 is 2.73 bits per heavy atom. The fourth-order valence-electron chi connectivity index (χ4n) is 3.17. The van der Waals surface area contributed by atoms with E-state index in [9.17, 15) is 14.4 Å². The highest BCUT2D eigenvalue weighted by atomic mass is 16.5. The van der Waals surface area contributed by atoms with Gasteiger partial charge in [-0.15, -0.1) is 6.58 Å². The molecule has 8 heteroatoms. The van der Waals surface area contributed by atoms with Gasteiger partial charge in [0.25, 0.3) is 5.91 Å². The molecular weight excluding hydrogens is 422 g/mol. The standard InChI is InChI=1S/C24H27N3O4.CH4O/c1-5-7-9-18(8-6-2)12-13-24(3,26-23(30)25-17-28)16-27-15-19-10-11-20(31-4)14-21(19)22(27)29;1-2/h5-7,9-11,14,17H,2,8,15-16H2,1,3-4H3,(H2,25,26,28,30);2H,1H3/b7-5-,18-9+;/t24-;/m1./s1. The van der Waals surface area contributed by atoms with E-state index in [1.54, 1.807) is 37.1 Å². The number of amides is 4. The first kappa shape index (κ1) is 27.2. The lowest BCUT2D eigenvalue weighted by Crippen LogP contribution is -2.55. The van der Waals surface area contributed by atoms with E-state index >= 15 is 0 Å². The van der Waals surface area contributed by atoms with Gasteiger partial charge < -0.3 is 20.1 Å². The summed E-state index contributed by atoms with van der Waals surface area (Å²) in [6.45, 7) is 7.87. The molecule has 0 aliphatic carbocycles. The van der Waals surface area contributed by atoms with Crippen molar-refractivity contribution in [3.8, 4) is 17.6 Å². The molecule has 0 bridgehead atoms. The van der Waals surface area contributed by atoms with Gasteiger partial charge in [0.1, 0.15) is 11.3 Å². The van der Waals surface area contributed by atoms with Gasteiger partial charge in [0.2, 0.25) is 6.41 Å². The number of urea groups is 1. The first-order chi connectivity index (χ1) is 15.9. The van der Waals surface area contributed by atoms with E-state index in [0.29, 0.717) is 30.7 Å². The minimum atomic E-state index is -1.11. The smallest absolute Gasteiger partial charge is 0.322 e. The van der Waals surface area contributed by atoms with Gasteiger partial charge in [-0.05, 0) is 38.0 Å². The fraction of sp³-hybridized carbons (Fsp3) is 0.320. The molecule has 1 aliphatic heterocycles. The predicted octanol–water partition coefficient (Wildman–Crippen LogP) is 2.56. The molecule has 0 fully saturated rings. The third-order valence-corrected chi connectivity index (χ3v) is 4.64. The van der Waals surface area contributed by atoms with Crippen molar-refractivity contribution < 1.29 is 24.2 Å². The molecular formula is C25H31N3O5. The van der Waals surface area contributed by atoms with Gasteiger partial charge in [0.15, 0.2) is 0 Å². The number of allylic oxidation sites excluding steroid dienone is 5. The predicted molar refractivity (Wildman–Crippen MR) is 128 cm³/mol. The highest BCUT2D eigenvalue weighted by Crippen LogP contribution is 2.27. The molecule has 1 heterocycles. The zero-order valence-electron chi connectivity index (χ0n) is 19.5. The number of fused-ring (bicyclic) bond motifs is 1. The molecule has 0 saturated carbocycles. The number of ether oxygens (including phenoxy) is 1. The Labute approximate surface area is 195 Å². The normalized spacial score (nSPS) is 14.2. The summed E-state index contributed by atoms with van der Waals surface area (Å²) < 4.78 is 5.21. The van der Waals surface area contributed by atoms with Crippen molar-refractivity contribution in [3.63, 3.8) is 0 Å². The summed E-state index contributed by atoms with van der Waals surface area (Å²) in [7, 11) is 2.54. The van der Waals surface area contributed by atoms with E-state index in [0.717, 1.165) is 18.2 Å². The molecule has 3 N–H and O–H groups in total. The summed E-state index contributed by atoms with van der Waals surface area (Å²) >= 11 is 0. The average Bonchev–Trinajstić information content (AvgIpc) is 3.11. The van der Waals surface area contributed by atoms with Crippen LogP contribution in [0.5, 0.6) is 5.75 Å².